The third-order valence-electron chi connectivity index (χ3n) is 3.42. The normalized spacial score (nSPS) is 13.3. The minimum absolute atomic E-state index is 0.270. The van der Waals surface area contributed by atoms with Crippen LogP contribution in [-0.4, -0.2) is 29.5 Å². The van der Waals surface area contributed by atoms with Crippen molar-refractivity contribution in [2.75, 3.05) is 13.6 Å². The Morgan fingerprint density at radius 2 is 2.25 bits per heavy atom. The Morgan fingerprint density at radius 3 is 2.90 bits per heavy atom. The number of aromatic nitrogens is 1. The molecule has 0 bridgehead atoms. The van der Waals surface area contributed by atoms with Crippen molar-refractivity contribution >= 4 is 11.3 Å². The standard InChI is InChI=1S/C15H23N3OS/c1-11(2)13(16)6-7-18(3)9-12-10-20-15(17-12)14-5-4-8-19-14/h4-5,8,10-11,13H,6-7,9,16H2,1-3H3. The maximum Gasteiger partial charge on any atom is 0.162 e. The summed E-state index contributed by atoms with van der Waals surface area (Å²) >= 11 is 1.62. The van der Waals surface area contributed by atoms with Crippen LogP contribution in [0.4, 0.5) is 0 Å². The van der Waals surface area contributed by atoms with E-state index in [4.69, 9.17) is 10.2 Å². The number of nitrogens with two attached hydrogens (primary N) is 1. The van der Waals surface area contributed by atoms with Crippen molar-refractivity contribution in [2.24, 2.45) is 11.7 Å². The summed E-state index contributed by atoms with van der Waals surface area (Å²) < 4.78 is 5.36. The van der Waals surface area contributed by atoms with Gasteiger partial charge in [0.15, 0.2) is 10.8 Å². The fourth-order valence-corrected chi connectivity index (χ4v) is 2.73. The quantitative estimate of drug-likeness (QED) is 0.851. The lowest BCUT2D eigenvalue weighted by Gasteiger charge is -2.20. The second kappa shape index (κ2) is 7.02. The first-order chi connectivity index (χ1) is 9.56. The van der Waals surface area contributed by atoms with Crippen LogP contribution in [0, 0.1) is 5.92 Å². The maximum absolute atomic E-state index is 6.07. The molecule has 0 fully saturated rings. The molecule has 2 N–H and O–H groups in total. The fourth-order valence-electron chi connectivity index (χ4n) is 1.95. The van der Waals surface area contributed by atoms with E-state index in [1.54, 1.807) is 17.6 Å². The van der Waals surface area contributed by atoms with E-state index in [1.807, 2.05) is 12.1 Å². The molecule has 2 rings (SSSR count). The Bertz CT molecular complexity index is 507. The van der Waals surface area contributed by atoms with Crippen LogP contribution in [0.15, 0.2) is 28.2 Å². The van der Waals surface area contributed by atoms with Crippen LogP contribution >= 0.6 is 11.3 Å². The molecule has 2 heterocycles. The van der Waals surface area contributed by atoms with Crippen molar-refractivity contribution in [1.29, 1.82) is 0 Å². The largest absolute Gasteiger partial charge is 0.462 e. The summed E-state index contributed by atoms with van der Waals surface area (Å²) in [5.74, 6) is 1.37. The highest BCUT2D eigenvalue weighted by Gasteiger charge is 2.11. The topological polar surface area (TPSA) is 55.3 Å². The zero-order valence-electron chi connectivity index (χ0n) is 12.4. The summed E-state index contributed by atoms with van der Waals surface area (Å²) in [5, 5.41) is 3.04. The van der Waals surface area contributed by atoms with Crippen molar-refractivity contribution in [1.82, 2.24) is 9.88 Å². The second-order valence-electron chi connectivity index (χ2n) is 5.56. The van der Waals surface area contributed by atoms with Crippen LogP contribution in [0.2, 0.25) is 0 Å². The number of nitrogens with zero attached hydrogens (tertiary/aromatic N) is 2. The van der Waals surface area contributed by atoms with E-state index in [2.05, 4.69) is 36.2 Å². The lowest BCUT2D eigenvalue weighted by molar-refractivity contribution is 0.294. The number of hydrogen-bond donors (Lipinski definition) is 1. The van der Waals surface area contributed by atoms with E-state index in [1.165, 1.54) is 0 Å². The first-order valence-corrected chi connectivity index (χ1v) is 7.86. The van der Waals surface area contributed by atoms with Gasteiger partial charge in [0.25, 0.3) is 0 Å². The van der Waals surface area contributed by atoms with Gasteiger partial charge in [-0.2, -0.15) is 0 Å². The van der Waals surface area contributed by atoms with Crippen LogP contribution in [0.5, 0.6) is 0 Å². The van der Waals surface area contributed by atoms with E-state index in [9.17, 15) is 0 Å². The summed E-state index contributed by atoms with van der Waals surface area (Å²) in [6.07, 6.45) is 2.69. The summed E-state index contributed by atoms with van der Waals surface area (Å²) in [6, 6.07) is 4.09. The average Bonchev–Trinajstić information content (AvgIpc) is 3.05. The van der Waals surface area contributed by atoms with Gasteiger partial charge in [0.05, 0.1) is 12.0 Å². The molecule has 2 aromatic heterocycles. The summed E-state index contributed by atoms with van der Waals surface area (Å²) in [5.41, 5.74) is 7.16. The molecule has 0 amide bonds. The molecule has 1 atom stereocenters. The van der Waals surface area contributed by atoms with Gasteiger partial charge in [-0.15, -0.1) is 11.3 Å². The number of hydrogen-bond acceptors (Lipinski definition) is 5. The third kappa shape index (κ3) is 4.16. The van der Waals surface area contributed by atoms with Crippen molar-refractivity contribution in [2.45, 2.75) is 32.9 Å². The predicted octanol–water partition coefficient (Wildman–Crippen LogP) is 3.21. The lowest BCUT2D eigenvalue weighted by atomic mass is 10.0. The van der Waals surface area contributed by atoms with E-state index in [0.29, 0.717) is 5.92 Å². The summed E-state index contributed by atoms with van der Waals surface area (Å²) in [6.45, 7) is 6.18. The van der Waals surface area contributed by atoms with Crippen molar-refractivity contribution in [3.05, 3.63) is 29.5 Å². The van der Waals surface area contributed by atoms with Gasteiger partial charge in [0.2, 0.25) is 0 Å². The summed E-state index contributed by atoms with van der Waals surface area (Å²) in [4.78, 5) is 6.87. The molecule has 20 heavy (non-hydrogen) atoms. The molecule has 0 aliphatic rings. The van der Waals surface area contributed by atoms with E-state index in [0.717, 1.165) is 36.0 Å². The third-order valence-corrected chi connectivity index (χ3v) is 4.32. The molecule has 0 spiro atoms. The van der Waals surface area contributed by atoms with Gasteiger partial charge in [-0.05, 0) is 38.1 Å². The van der Waals surface area contributed by atoms with Crippen LogP contribution in [0.25, 0.3) is 10.8 Å². The van der Waals surface area contributed by atoms with Gasteiger partial charge < -0.3 is 15.1 Å². The molecular weight excluding hydrogens is 270 g/mol. The SMILES string of the molecule is CC(C)C(N)CCN(C)Cc1csc(-c2ccco2)n1. The highest BCUT2D eigenvalue weighted by molar-refractivity contribution is 7.13. The van der Waals surface area contributed by atoms with Crippen LogP contribution < -0.4 is 5.73 Å². The van der Waals surface area contributed by atoms with Gasteiger partial charge in [0.1, 0.15) is 0 Å². The zero-order valence-corrected chi connectivity index (χ0v) is 13.2. The molecule has 0 aliphatic heterocycles. The highest BCUT2D eigenvalue weighted by Crippen LogP contribution is 2.24. The number of thiazole rings is 1. The Labute approximate surface area is 124 Å². The smallest absolute Gasteiger partial charge is 0.162 e. The maximum atomic E-state index is 6.07. The first kappa shape index (κ1) is 15.2. The minimum Gasteiger partial charge on any atom is -0.462 e. The first-order valence-electron chi connectivity index (χ1n) is 6.98. The Morgan fingerprint density at radius 1 is 1.45 bits per heavy atom. The molecule has 110 valence electrons. The van der Waals surface area contributed by atoms with Gasteiger partial charge in [0, 0.05) is 18.0 Å². The molecule has 2 aromatic rings. The minimum atomic E-state index is 0.270. The molecule has 5 heteroatoms. The van der Waals surface area contributed by atoms with Gasteiger partial charge >= 0.3 is 0 Å². The second-order valence-corrected chi connectivity index (χ2v) is 6.41. The van der Waals surface area contributed by atoms with E-state index >= 15 is 0 Å². The lowest BCUT2D eigenvalue weighted by Crippen LogP contribution is -2.31. The number of rotatable bonds is 7. The molecule has 0 aliphatic carbocycles. The van der Waals surface area contributed by atoms with Crippen molar-refractivity contribution < 1.29 is 4.42 Å². The summed E-state index contributed by atoms with van der Waals surface area (Å²) in [7, 11) is 2.11. The van der Waals surface area contributed by atoms with Gasteiger partial charge in [-0.3, -0.25) is 0 Å². The molecule has 0 radical (unpaired) electrons. The Hall–Kier alpha value is -1.17. The monoisotopic (exact) mass is 293 g/mol. The number of furan rings is 1. The highest BCUT2D eigenvalue weighted by atomic mass is 32.1. The Balaban J connectivity index is 1.84. The van der Waals surface area contributed by atoms with Crippen LogP contribution in [0.1, 0.15) is 26.0 Å². The van der Waals surface area contributed by atoms with Crippen molar-refractivity contribution in [3.8, 4) is 10.8 Å². The molecule has 1 unspecified atom stereocenters. The molecule has 0 saturated heterocycles. The zero-order chi connectivity index (χ0) is 14.5. The fraction of sp³-hybridized carbons (Fsp3) is 0.533. The van der Waals surface area contributed by atoms with Crippen molar-refractivity contribution in [3.63, 3.8) is 0 Å². The van der Waals surface area contributed by atoms with E-state index < -0.39 is 0 Å². The molecular formula is C15H23N3OS. The van der Waals surface area contributed by atoms with Gasteiger partial charge in [-0.25, -0.2) is 4.98 Å². The van der Waals surface area contributed by atoms with Gasteiger partial charge in [-0.1, -0.05) is 13.8 Å². The molecule has 4 nitrogen and oxygen atoms in total. The van der Waals surface area contributed by atoms with E-state index in [-0.39, 0.29) is 6.04 Å². The Kier molecular flexibility index (Phi) is 5.34. The molecule has 0 saturated carbocycles. The van der Waals surface area contributed by atoms with Crippen LogP contribution in [0.3, 0.4) is 0 Å². The predicted molar refractivity (Wildman–Crippen MR) is 83.6 cm³/mol. The molecule has 0 aromatic carbocycles. The average molecular weight is 293 g/mol. The van der Waals surface area contributed by atoms with Crippen LogP contribution in [-0.2, 0) is 6.54 Å².